The molecule has 1 aromatic carbocycles. The predicted octanol–water partition coefficient (Wildman–Crippen LogP) is 1.54. The fourth-order valence-corrected chi connectivity index (χ4v) is 1.50. The molecule has 0 aliphatic carbocycles. The van der Waals surface area contributed by atoms with Gasteiger partial charge < -0.3 is 15.4 Å². The molecule has 7 nitrogen and oxygen atoms in total. The van der Waals surface area contributed by atoms with Crippen molar-refractivity contribution in [2.45, 2.75) is 13.0 Å². The summed E-state index contributed by atoms with van der Waals surface area (Å²) in [5.41, 5.74) is -0.770. The fourth-order valence-electron chi connectivity index (χ4n) is 1.50. The van der Waals surface area contributed by atoms with Crippen LogP contribution in [0.2, 0.25) is 0 Å². The van der Waals surface area contributed by atoms with Crippen molar-refractivity contribution in [3.05, 3.63) is 33.6 Å². The highest BCUT2D eigenvalue weighted by molar-refractivity contribution is 5.99. The first-order chi connectivity index (χ1) is 9.40. The van der Waals surface area contributed by atoms with E-state index < -0.39 is 22.3 Å². The zero-order chi connectivity index (χ0) is 15.3. The van der Waals surface area contributed by atoms with E-state index in [1.807, 2.05) is 0 Å². The van der Waals surface area contributed by atoms with Gasteiger partial charge in [-0.1, -0.05) is 0 Å². The van der Waals surface area contributed by atoms with E-state index in [0.29, 0.717) is 0 Å². The minimum absolute atomic E-state index is 0.0144. The van der Waals surface area contributed by atoms with Gasteiger partial charge in [-0.3, -0.25) is 14.9 Å². The van der Waals surface area contributed by atoms with Crippen molar-refractivity contribution in [2.24, 2.45) is 0 Å². The molecular weight excluding hydrogens is 269 g/mol. The summed E-state index contributed by atoms with van der Waals surface area (Å²) in [6.07, 6.45) is -0.234. The molecule has 0 bridgehead atoms. The lowest BCUT2D eigenvalue weighted by Crippen LogP contribution is -2.32. The highest BCUT2D eigenvalue weighted by Gasteiger charge is 2.23. The SMILES string of the molecule is CNc1cc(C(=O)NCC(C)OC)c([N+](=O)[O-])cc1F. The van der Waals surface area contributed by atoms with Gasteiger partial charge in [0.15, 0.2) is 5.82 Å². The second-order valence-electron chi connectivity index (χ2n) is 4.11. The maximum Gasteiger partial charge on any atom is 0.285 e. The number of hydrogen-bond donors (Lipinski definition) is 2. The molecule has 1 unspecified atom stereocenters. The highest BCUT2D eigenvalue weighted by Crippen LogP contribution is 2.25. The quantitative estimate of drug-likeness (QED) is 0.611. The number of nitro groups is 1. The number of hydrogen-bond acceptors (Lipinski definition) is 5. The van der Waals surface area contributed by atoms with Gasteiger partial charge in [-0.05, 0) is 13.0 Å². The number of benzene rings is 1. The number of methoxy groups -OCH3 is 1. The number of anilines is 1. The van der Waals surface area contributed by atoms with Gasteiger partial charge in [-0.15, -0.1) is 0 Å². The van der Waals surface area contributed by atoms with Crippen molar-refractivity contribution in [1.82, 2.24) is 5.32 Å². The van der Waals surface area contributed by atoms with Crippen molar-refractivity contribution in [3.63, 3.8) is 0 Å². The molecule has 8 heteroatoms. The van der Waals surface area contributed by atoms with Crippen LogP contribution < -0.4 is 10.6 Å². The maximum absolute atomic E-state index is 13.5. The Kier molecular flexibility index (Phi) is 5.39. The van der Waals surface area contributed by atoms with Crippen molar-refractivity contribution >= 4 is 17.3 Å². The summed E-state index contributed by atoms with van der Waals surface area (Å²) in [7, 11) is 2.94. The third-order valence-corrected chi connectivity index (χ3v) is 2.75. The Morgan fingerprint density at radius 1 is 1.55 bits per heavy atom. The molecule has 0 heterocycles. The first-order valence-corrected chi connectivity index (χ1v) is 5.87. The molecule has 1 atom stereocenters. The molecule has 110 valence electrons. The number of carbonyl (C=O) groups is 1. The Hall–Kier alpha value is -2.22. The Balaban J connectivity index is 3.08. The van der Waals surface area contributed by atoms with Gasteiger partial charge >= 0.3 is 0 Å². The molecule has 0 fully saturated rings. The van der Waals surface area contributed by atoms with Crippen LogP contribution in [-0.2, 0) is 4.74 Å². The monoisotopic (exact) mass is 285 g/mol. The third kappa shape index (κ3) is 3.64. The van der Waals surface area contributed by atoms with Crippen LogP contribution in [0.25, 0.3) is 0 Å². The largest absolute Gasteiger partial charge is 0.386 e. The Bertz CT molecular complexity index is 522. The summed E-state index contributed by atoms with van der Waals surface area (Å²) in [4.78, 5) is 22.0. The number of carbonyl (C=O) groups excluding carboxylic acids is 1. The van der Waals surface area contributed by atoms with Crippen LogP contribution in [0.3, 0.4) is 0 Å². The lowest BCUT2D eigenvalue weighted by Gasteiger charge is -2.12. The van der Waals surface area contributed by atoms with Gasteiger partial charge in [0, 0.05) is 20.7 Å². The molecule has 20 heavy (non-hydrogen) atoms. The van der Waals surface area contributed by atoms with E-state index in [1.165, 1.54) is 14.2 Å². The molecule has 1 aromatic rings. The molecule has 0 saturated heterocycles. The van der Waals surface area contributed by atoms with Gasteiger partial charge in [-0.2, -0.15) is 0 Å². The van der Waals surface area contributed by atoms with Crippen LogP contribution in [0, 0.1) is 15.9 Å². The second-order valence-corrected chi connectivity index (χ2v) is 4.11. The fraction of sp³-hybridized carbons (Fsp3) is 0.417. The topological polar surface area (TPSA) is 93.5 Å². The Morgan fingerprint density at radius 3 is 2.70 bits per heavy atom. The van der Waals surface area contributed by atoms with Gasteiger partial charge in [0.05, 0.1) is 22.8 Å². The molecule has 1 rings (SSSR count). The number of ether oxygens (including phenoxy) is 1. The van der Waals surface area contributed by atoms with Crippen LogP contribution in [0.5, 0.6) is 0 Å². The summed E-state index contributed by atoms with van der Waals surface area (Å²) >= 11 is 0. The molecule has 0 aliphatic rings. The summed E-state index contributed by atoms with van der Waals surface area (Å²) in [6, 6.07) is 1.83. The van der Waals surface area contributed by atoms with Gasteiger partial charge in [0.25, 0.3) is 11.6 Å². The lowest BCUT2D eigenvalue weighted by molar-refractivity contribution is -0.385. The zero-order valence-corrected chi connectivity index (χ0v) is 11.4. The normalized spacial score (nSPS) is 11.8. The summed E-state index contributed by atoms with van der Waals surface area (Å²) in [6.45, 7) is 1.93. The van der Waals surface area contributed by atoms with E-state index >= 15 is 0 Å². The summed E-state index contributed by atoms with van der Waals surface area (Å²) in [5, 5.41) is 15.9. The van der Waals surface area contributed by atoms with E-state index in [4.69, 9.17) is 4.74 Å². The predicted molar refractivity (Wildman–Crippen MR) is 71.4 cm³/mol. The third-order valence-electron chi connectivity index (χ3n) is 2.75. The lowest BCUT2D eigenvalue weighted by atomic mass is 10.1. The maximum atomic E-state index is 13.5. The summed E-state index contributed by atoms with van der Waals surface area (Å²) in [5.74, 6) is -1.45. The number of halogens is 1. The van der Waals surface area contributed by atoms with Crippen LogP contribution >= 0.6 is 0 Å². The van der Waals surface area contributed by atoms with Crippen molar-refractivity contribution in [2.75, 3.05) is 26.0 Å². The number of nitrogens with zero attached hydrogens (tertiary/aromatic N) is 1. The van der Waals surface area contributed by atoms with E-state index in [2.05, 4.69) is 10.6 Å². The molecular formula is C12H16FN3O4. The summed E-state index contributed by atoms with van der Waals surface area (Å²) < 4.78 is 18.5. The Labute approximate surface area is 115 Å². The molecule has 0 aliphatic heterocycles. The van der Waals surface area contributed by atoms with E-state index in [1.54, 1.807) is 6.92 Å². The van der Waals surface area contributed by atoms with Crippen molar-refractivity contribution in [1.29, 1.82) is 0 Å². The number of nitro benzene ring substituents is 1. The van der Waals surface area contributed by atoms with Crippen molar-refractivity contribution < 1.29 is 18.8 Å². The van der Waals surface area contributed by atoms with E-state index in [9.17, 15) is 19.3 Å². The van der Waals surface area contributed by atoms with Gasteiger partial charge in [0.1, 0.15) is 5.56 Å². The van der Waals surface area contributed by atoms with Crippen LogP contribution in [-0.4, -0.2) is 37.6 Å². The average Bonchev–Trinajstić information content (AvgIpc) is 2.43. The molecule has 0 spiro atoms. The highest BCUT2D eigenvalue weighted by atomic mass is 19.1. The molecule has 0 radical (unpaired) electrons. The van der Waals surface area contributed by atoms with Crippen LogP contribution in [0.15, 0.2) is 12.1 Å². The molecule has 0 aromatic heterocycles. The number of rotatable bonds is 6. The van der Waals surface area contributed by atoms with Crippen LogP contribution in [0.1, 0.15) is 17.3 Å². The first kappa shape index (κ1) is 15.8. The Morgan fingerprint density at radius 2 is 2.20 bits per heavy atom. The first-order valence-electron chi connectivity index (χ1n) is 5.87. The minimum Gasteiger partial charge on any atom is -0.386 e. The number of nitrogens with one attached hydrogen (secondary N) is 2. The molecule has 1 amide bonds. The van der Waals surface area contributed by atoms with E-state index in [0.717, 1.165) is 12.1 Å². The van der Waals surface area contributed by atoms with Gasteiger partial charge in [0.2, 0.25) is 0 Å². The van der Waals surface area contributed by atoms with E-state index in [-0.39, 0.29) is 23.9 Å². The number of amides is 1. The smallest absolute Gasteiger partial charge is 0.285 e. The molecule has 2 N–H and O–H groups in total. The standard InChI is InChI=1S/C12H16FN3O4/c1-7(20-3)6-15-12(17)8-4-10(14-2)9(13)5-11(8)16(18)19/h4-5,7,14H,6H2,1-3H3,(H,15,17). The zero-order valence-electron chi connectivity index (χ0n) is 11.4. The molecule has 0 saturated carbocycles. The van der Waals surface area contributed by atoms with Crippen molar-refractivity contribution in [3.8, 4) is 0 Å². The second kappa shape index (κ2) is 6.80. The van der Waals surface area contributed by atoms with Crippen LogP contribution in [0.4, 0.5) is 15.8 Å². The average molecular weight is 285 g/mol. The minimum atomic E-state index is -0.794. The van der Waals surface area contributed by atoms with Gasteiger partial charge in [-0.25, -0.2) is 4.39 Å².